The molecule has 2 heteroatoms. The van der Waals surface area contributed by atoms with E-state index in [4.69, 9.17) is 5.26 Å². The van der Waals surface area contributed by atoms with Gasteiger partial charge in [-0.25, -0.2) is 0 Å². The Morgan fingerprint density at radius 3 is 2.50 bits per heavy atom. The molecule has 1 unspecified atom stereocenters. The number of nitrogens with zero attached hydrogens (tertiary/aromatic N) is 2. The van der Waals surface area contributed by atoms with Crippen LogP contribution in [0.3, 0.4) is 0 Å². The second kappa shape index (κ2) is 5.97. The van der Waals surface area contributed by atoms with E-state index in [0.717, 1.165) is 18.5 Å². The second-order valence-electron chi connectivity index (χ2n) is 4.36. The molecule has 1 heterocycles. The molecule has 0 radical (unpaired) electrons. The summed E-state index contributed by atoms with van der Waals surface area (Å²) in [4.78, 5) is 4.37. The number of pyridine rings is 1. The lowest BCUT2D eigenvalue weighted by Crippen LogP contribution is -2.03. The molecular weight excluding hydrogens is 220 g/mol. The normalized spacial score (nSPS) is 11.8. The van der Waals surface area contributed by atoms with Crippen LogP contribution >= 0.6 is 0 Å². The minimum atomic E-state index is 0.465. The van der Waals surface area contributed by atoms with Crippen LogP contribution in [0.5, 0.6) is 0 Å². The van der Waals surface area contributed by atoms with E-state index >= 15 is 0 Å². The molecule has 2 rings (SSSR count). The summed E-state index contributed by atoms with van der Waals surface area (Å²) in [5.74, 6) is 0.465. The lowest BCUT2D eigenvalue weighted by molar-refractivity contribution is 0.649. The van der Waals surface area contributed by atoms with Crippen LogP contribution in [0.2, 0.25) is 0 Å². The summed E-state index contributed by atoms with van der Waals surface area (Å²) in [6.07, 6.45) is 3.85. The SMILES string of the molecule is CCC(Cc1ccccn1)c1ccc(C#N)cc1. The molecule has 0 spiro atoms. The predicted octanol–water partition coefficient (Wildman–Crippen LogP) is 3.69. The van der Waals surface area contributed by atoms with Crippen LogP contribution in [-0.2, 0) is 6.42 Å². The van der Waals surface area contributed by atoms with Gasteiger partial charge in [0.05, 0.1) is 11.6 Å². The topological polar surface area (TPSA) is 36.7 Å². The molecule has 0 saturated heterocycles. The molecule has 0 bridgehead atoms. The van der Waals surface area contributed by atoms with E-state index in [1.807, 2.05) is 30.5 Å². The first kappa shape index (κ1) is 12.3. The number of nitriles is 1. The fraction of sp³-hybridized carbons (Fsp3) is 0.250. The van der Waals surface area contributed by atoms with Gasteiger partial charge >= 0.3 is 0 Å². The fourth-order valence-electron chi connectivity index (χ4n) is 2.10. The largest absolute Gasteiger partial charge is 0.261 e. The number of aromatic nitrogens is 1. The third-order valence-corrected chi connectivity index (χ3v) is 3.19. The summed E-state index contributed by atoms with van der Waals surface area (Å²) in [6, 6.07) is 16.0. The van der Waals surface area contributed by atoms with Gasteiger partial charge in [-0.05, 0) is 48.6 Å². The van der Waals surface area contributed by atoms with Crippen molar-refractivity contribution >= 4 is 0 Å². The summed E-state index contributed by atoms with van der Waals surface area (Å²) < 4.78 is 0. The Kier molecular flexibility index (Phi) is 4.09. The molecule has 0 fully saturated rings. The summed E-state index contributed by atoms with van der Waals surface area (Å²) >= 11 is 0. The molecule has 0 aliphatic rings. The van der Waals surface area contributed by atoms with E-state index in [0.29, 0.717) is 11.5 Å². The summed E-state index contributed by atoms with van der Waals surface area (Å²) in [5, 5.41) is 8.80. The van der Waals surface area contributed by atoms with Gasteiger partial charge in [0.25, 0.3) is 0 Å². The van der Waals surface area contributed by atoms with Crippen LogP contribution in [0.15, 0.2) is 48.7 Å². The van der Waals surface area contributed by atoms with Crippen LogP contribution in [0.4, 0.5) is 0 Å². The first-order chi connectivity index (χ1) is 8.83. The van der Waals surface area contributed by atoms with Crippen molar-refractivity contribution < 1.29 is 0 Å². The minimum absolute atomic E-state index is 0.465. The third kappa shape index (κ3) is 2.95. The Balaban J connectivity index is 2.15. The molecule has 0 saturated carbocycles. The third-order valence-electron chi connectivity index (χ3n) is 3.19. The molecule has 18 heavy (non-hydrogen) atoms. The van der Waals surface area contributed by atoms with E-state index in [-0.39, 0.29) is 0 Å². The van der Waals surface area contributed by atoms with Gasteiger partial charge in [0, 0.05) is 11.9 Å². The van der Waals surface area contributed by atoms with Gasteiger partial charge in [-0.1, -0.05) is 25.1 Å². The van der Waals surface area contributed by atoms with E-state index in [9.17, 15) is 0 Å². The number of hydrogen-bond acceptors (Lipinski definition) is 2. The zero-order valence-corrected chi connectivity index (χ0v) is 10.5. The Bertz CT molecular complexity index is 523. The zero-order chi connectivity index (χ0) is 12.8. The smallest absolute Gasteiger partial charge is 0.0991 e. The van der Waals surface area contributed by atoms with Crippen molar-refractivity contribution in [2.45, 2.75) is 25.7 Å². The highest BCUT2D eigenvalue weighted by molar-refractivity contribution is 5.33. The molecule has 0 N–H and O–H groups in total. The summed E-state index contributed by atoms with van der Waals surface area (Å²) in [5.41, 5.74) is 3.11. The first-order valence-corrected chi connectivity index (χ1v) is 6.23. The van der Waals surface area contributed by atoms with Crippen LogP contribution < -0.4 is 0 Å². The van der Waals surface area contributed by atoms with E-state index in [1.54, 1.807) is 0 Å². The number of benzene rings is 1. The van der Waals surface area contributed by atoms with Crippen molar-refractivity contribution in [2.24, 2.45) is 0 Å². The first-order valence-electron chi connectivity index (χ1n) is 6.23. The maximum absolute atomic E-state index is 8.80. The maximum atomic E-state index is 8.80. The highest BCUT2D eigenvalue weighted by atomic mass is 14.7. The lowest BCUT2D eigenvalue weighted by Gasteiger charge is -2.14. The van der Waals surface area contributed by atoms with Gasteiger partial charge < -0.3 is 0 Å². The molecule has 1 aromatic heterocycles. The Morgan fingerprint density at radius 1 is 1.17 bits per heavy atom. The van der Waals surface area contributed by atoms with Gasteiger partial charge in [-0.3, -0.25) is 4.98 Å². The zero-order valence-electron chi connectivity index (χ0n) is 10.5. The Labute approximate surface area is 108 Å². The highest BCUT2D eigenvalue weighted by Crippen LogP contribution is 2.23. The van der Waals surface area contributed by atoms with Crippen molar-refractivity contribution in [1.29, 1.82) is 5.26 Å². The summed E-state index contributed by atoms with van der Waals surface area (Å²) in [7, 11) is 0. The van der Waals surface area contributed by atoms with Gasteiger partial charge in [0.2, 0.25) is 0 Å². The average Bonchev–Trinajstić information content (AvgIpc) is 2.46. The Morgan fingerprint density at radius 2 is 1.94 bits per heavy atom. The van der Waals surface area contributed by atoms with Gasteiger partial charge in [-0.15, -0.1) is 0 Å². The predicted molar refractivity (Wildman–Crippen MR) is 72.1 cm³/mol. The van der Waals surface area contributed by atoms with Crippen molar-refractivity contribution in [1.82, 2.24) is 4.98 Å². The molecule has 2 aromatic rings. The maximum Gasteiger partial charge on any atom is 0.0991 e. The van der Waals surface area contributed by atoms with Crippen molar-refractivity contribution in [3.63, 3.8) is 0 Å². The average molecular weight is 236 g/mol. The van der Waals surface area contributed by atoms with Crippen LogP contribution in [0, 0.1) is 11.3 Å². The molecule has 1 atom stereocenters. The van der Waals surface area contributed by atoms with Crippen LogP contribution in [0.25, 0.3) is 0 Å². The van der Waals surface area contributed by atoms with Crippen LogP contribution in [0.1, 0.15) is 36.1 Å². The molecule has 90 valence electrons. The standard InChI is InChI=1S/C16H16N2/c1-2-14(11-16-5-3-4-10-18-16)15-8-6-13(12-17)7-9-15/h3-10,14H,2,11H2,1H3. The van der Waals surface area contributed by atoms with Gasteiger partial charge in [0.1, 0.15) is 0 Å². The summed E-state index contributed by atoms with van der Waals surface area (Å²) in [6.45, 7) is 2.19. The van der Waals surface area contributed by atoms with Crippen molar-refractivity contribution in [3.8, 4) is 6.07 Å². The molecule has 0 amide bonds. The van der Waals surface area contributed by atoms with Crippen molar-refractivity contribution in [2.75, 3.05) is 0 Å². The molecular formula is C16H16N2. The molecule has 2 nitrogen and oxygen atoms in total. The molecule has 0 aliphatic carbocycles. The van der Waals surface area contributed by atoms with Crippen LogP contribution in [-0.4, -0.2) is 4.98 Å². The molecule has 0 aliphatic heterocycles. The molecule has 1 aromatic carbocycles. The van der Waals surface area contributed by atoms with E-state index in [1.165, 1.54) is 5.56 Å². The van der Waals surface area contributed by atoms with E-state index < -0.39 is 0 Å². The van der Waals surface area contributed by atoms with Gasteiger partial charge in [-0.2, -0.15) is 5.26 Å². The second-order valence-corrected chi connectivity index (χ2v) is 4.36. The number of hydrogen-bond donors (Lipinski definition) is 0. The number of rotatable bonds is 4. The minimum Gasteiger partial charge on any atom is -0.261 e. The monoisotopic (exact) mass is 236 g/mol. The van der Waals surface area contributed by atoms with E-state index in [2.05, 4.69) is 36.2 Å². The lowest BCUT2D eigenvalue weighted by atomic mass is 9.91. The Hall–Kier alpha value is -2.14. The highest BCUT2D eigenvalue weighted by Gasteiger charge is 2.10. The fourth-order valence-corrected chi connectivity index (χ4v) is 2.10. The quantitative estimate of drug-likeness (QED) is 0.811. The van der Waals surface area contributed by atoms with Crippen molar-refractivity contribution in [3.05, 3.63) is 65.5 Å². The van der Waals surface area contributed by atoms with Gasteiger partial charge in [0.15, 0.2) is 0 Å².